The van der Waals surface area contributed by atoms with Crippen LogP contribution in [-0.4, -0.2) is 20.1 Å². The lowest BCUT2D eigenvalue weighted by Gasteiger charge is -2.44. The fourth-order valence-corrected chi connectivity index (χ4v) is 6.09. The van der Waals surface area contributed by atoms with Crippen LogP contribution in [0.15, 0.2) is 0 Å². The molecule has 0 fully saturated rings. The molecule has 3 heteroatoms. The molecule has 0 amide bonds. The summed E-state index contributed by atoms with van der Waals surface area (Å²) in [5.41, 5.74) is 0. The van der Waals surface area contributed by atoms with Crippen molar-refractivity contribution in [2.24, 2.45) is 0 Å². The maximum Gasteiger partial charge on any atom is 0.259 e. The van der Waals surface area contributed by atoms with Crippen molar-refractivity contribution >= 4 is 8.41 Å². The molecule has 0 aliphatic carbocycles. The van der Waals surface area contributed by atoms with Crippen molar-refractivity contribution in [3.05, 3.63) is 0 Å². The van der Waals surface area contributed by atoms with Gasteiger partial charge in [0.1, 0.15) is 0 Å². The summed E-state index contributed by atoms with van der Waals surface area (Å²) in [6, 6.07) is 0.347. The zero-order valence-electron chi connectivity index (χ0n) is 9.74. The predicted molar refractivity (Wildman–Crippen MR) is 58.2 cm³/mol. The first-order chi connectivity index (χ1) is 5.56. The Balaban J connectivity index is 4.96. The minimum absolute atomic E-state index is 0.0305. The van der Waals surface area contributed by atoms with Gasteiger partial charge in [-0.15, -0.1) is 0 Å². The molecule has 0 aliphatic rings. The summed E-state index contributed by atoms with van der Waals surface area (Å²) < 4.78 is 14.8. The zero-order chi connectivity index (χ0) is 10.9. The Labute approximate surface area is 82.5 Å². The second kappa shape index (κ2) is 3.69. The number of aliphatic hydroxyl groups is 1. The summed E-state index contributed by atoms with van der Waals surface area (Å²) in [4.78, 5) is 0. The second-order valence-electron chi connectivity index (χ2n) is 5.77. The molecular weight excluding hydrogens is 182 g/mol. The summed E-state index contributed by atoms with van der Waals surface area (Å²) in [6.07, 6.45) is 0. The van der Waals surface area contributed by atoms with Crippen LogP contribution in [0.1, 0.15) is 41.5 Å². The van der Waals surface area contributed by atoms with E-state index in [1.165, 1.54) is 0 Å². The lowest BCUT2D eigenvalue weighted by molar-refractivity contribution is 0.307. The van der Waals surface area contributed by atoms with Gasteiger partial charge in [-0.3, -0.25) is 0 Å². The average molecular weight is 205 g/mol. The van der Waals surface area contributed by atoms with Crippen LogP contribution in [0.25, 0.3) is 0 Å². The summed E-state index contributed by atoms with van der Waals surface area (Å²) in [6.45, 7) is 11.6. The van der Waals surface area contributed by atoms with E-state index in [9.17, 15) is 4.11 Å². The first-order valence-electron chi connectivity index (χ1n) is 4.86. The van der Waals surface area contributed by atoms with Crippen LogP contribution in [0.2, 0.25) is 16.1 Å². The fourth-order valence-electron chi connectivity index (χ4n) is 2.03. The normalized spacial score (nSPS) is 14.8. The second-order valence-corrected chi connectivity index (χ2v) is 10.9. The molecule has 0 unspecified atom stereocenters. The minimum atomic E-state index is -2.90. The maximum absolute atomic E-state index is 14.8. The molecule has 0 bridgehead atoms. The van der Waals surface area contributed by atoms with Gasteiger partial charge in [-0.25, -0.2) is 0 Å². The summed E-state index contributed by atoms with van der Waals surface area (Å²) >= 11 is 0. The highest BCUT2D eigenvalue weighted by atomic mass is 28.4. The van der Waals surface area contributed by atoms with Gasteiger partial charge in [0.15, 0.2) is 0 Å². The Morgan fingerprint density at radius 2 is 1.31 bits per heavy atom. The highest BCUT2D eigenvalue weighted by Crippen LogP contribution is 2.53. The van der Waals surface area contributed by atoms with Crippen molar-refractivity contribution in [1.29, 1.82) is 0 Å². The molecule has 0 aromatic heterocycles. The Kier molecular flexibility index (Phi) is 3.72. The van der Waals surface area contributed by atoms with Crippen LogP contribution < -0.4 is 0 Å². The van der Waals surface area contributed by atoms with Gasteiger partial charge in [0.05, 0.1) is 0 Å². The predicted octanol–water partition coefficient (Wildman–Crippen LogP) is 3.49. The molecule has 0 rings (SSSR count). The Hall–Kier alpha value is 0.107. The Bertz CT molecular complexity index is 153. The van der Waals surface area contributed by atoms with E-state index in [0.29, 0.717) is 6.04 Å². The average Bonchev–Trinajstić information content (AvgIpc) is 1.82. The molecule has 0 saturated heterocycles. The van der Waals surface area contributed by atoms with Crippen molar-refractivity contribution in [3.8, 4) is 0 Å². The van der Waals surface area contributed by atoms with Crippen LogP contribution in [0.3, 0.4) is 0 Å². The van der Waals surface area contributed by atoms with E-state index in [1.54, 1.807) is 0 Å². The third kappa shape index (κ3) is 2.53. The van der Waals surface area contributed by atoms with E-state index in [-0.39, 0.29) is 16.7 Å². The third-order valence-electron chi connectivity index (χ3n) is 2.83. The van der Waals surface area contributed by atoms with Gasteiger partial charge >= 0.3 is 0 Å². The van der Waals surface area contributed by atoms with Crippen molar-refractivity contribution in [3.63, 3.8) is 0 Å². The molecule has 0 atom stereocenters. The van der Waals surface area contributed by atoms with Gasteiger partial charge in [0.25, 0.3) is 8.41 Å². The molecule has 0 saturated carbocycles. The molecule has 0 heterocycles. The number of hydrogen-bond donors (Lipinski definition) is 1. The molecule has 13 heavy (non-hydrogen) atoms. The quantitative estimate of drug-likeness (QED) is 0.540. The van der Waals surface area contributed by atoms with Gasteiger partial charge in [-0.05, 0) is 16.1 Å². The van der Waals surface area contributed by atoms with Gasteiger partial charge in [-0.2, -0.15) is 0 Å². The molecule has 0 radical (unpaired) electrons. The minimum Gasteiger partial charge on any atom is -0.397 e. The van der Waals surface area contributed by atoms with E-state index in [4.69, 9.17) is 5.11 Å². The lowest BCUT2D eigenvalue weighted by Crippen LogP contribution is -2.48. The highest BCUT2D eigenvalue weighted by Gasteiger charge is 2.54. The summed E-state index contributed by atoms with van der Waals surface area (Å²) in [5.74, 6) is 0. The first kappa shape index (κ1) is 13.1. The smallest absolute Gasteiger partial charge is 0.259 e. The SMILES string of the molecule is CC(C)(C)[Si]([18F])(CCO)C(C)(C)C. The molecule has 1 nitrogen and oxygen atoms in total. The zero-order valence-corrected chi connectivity index (χ0v) is 10.7. The Morgan fingerprint density at radius 1 is 1.00 bits per heavy atom. The van der Waals surface area contributed by atoms with Crippen LogP contribution in [0.4, 0.5) is 4.11 Å². The number of aliphatic hydroxyl groups excluding tert-OH is 1. The van der Waals surface area contributed by atoms with E-state index in [2.05, 4.69) is 0 Å². The van der Waals surface area contributed by atoms with Crippen molar-refractivity contribution < 1.29 is 9.21 Å². The molecule has 0 spiro atoms. The van der Waals surface area contributed by atoms with Gasteiger partial charge in [0, 0.05) is 6.61 Å². The summed E-state index contributed by atoms with van der Waals surface area (Å²) in [7, 11) is -2.90. The van der Waals surface area contributed by atoms with E-state index < -0.39 is 8.41 Å². The van der Waals surface area contributed by atoms with Crippen LogP contribution in [-0.2, 0) is 0 Å². The Morgan fingerprint density at radius 3 is 1.38 bits per heavy atom. The first-order valence-corrected chi connectivity index (χ1v) is 6.94. The molecular formula is C10H23FOSi. The number of rotatable bonds is 2. The highest BCUT2D eigenvalue weighted by molar-refractivity contribution is 6.78. The van der Waals surface area contributed by atoms with E-state index in [1.807, 2.05) is 41.5 Å². The fraction of sp³-hybridized carbons (Fsp3) is 1.00. The van der Waals surface area contributed by atoms with Crippen molar-refractivity contribution in [2.45, 2.75) is 57.7 Å². The van der Waals surface area contributed by atoms with Crippen LogP contribution in [0, 0.1) is 0 Å². The third-order valence-corrected chi connectivity index (χ3v) is 8.50. The van der Waals surface area contributed by atoms with Crippen molar-refractivity contribution in [1.82, 2.24) is 0 Å². The summed E-state index contributed by atoms with van der Waals surface area (Å²) in [5, 5.41) is 8.33. The topological polar surface area (TPSA) is 20.2 Å². The molecule has 0 aromatic carbocycles. The van der Waals surface area contributed by atoms with Gasteiger partial charge in [0.2, 0.25) is 0 Å². The molecule has 0 aliphatic heterocycles. The molecule has 0 aromatic rings. The largest absolute Gasteiger partial charge is 0.397 e. The van der Waals surface area contributed by atoms with Gasteiger partial charge < -0.3 is 9.21 Å². The van der Waals surface area contributed by atoms with Gasteiger partial charge in [-0.1, -0.05) is 41.5 Å². The van der Waals surface area contributed by atoms with E-state index in [0.717, 1.165) is 0 Å². The standard InChI is InChI=1S/C10H23FOSi/c1-9(2,3)13(11,8-7-12)10(4,5)6/h12H,7-8H2,1-6H3/i11-1. The van der Waals surface area contributed by atoms with Crippen LogP contribution >= 0.6 is 0 Å². The molecule has 80 valence electrons. The molecule has 1 N–H and O–H groups in total. The van der Waals surface area contributed by atoms with Crippen molar-refractivity contribution in [2.75, 3.05) is 6.61 Å². The lowest BCUT2D eigenvalue weighted by atomic mass is 10.2. The number of hydrogen-bond acceptors (Lipinski definition) is 1. The maximum atomic E-state index is 14.8. The monoisotopic (exact) mass is 205 g/mol. The number of halogens is 1. The van der Waals surface area contributed by atoms with E-state index >= 15 is 0 Å². The van der Waals surface area contributed by atoms with Crippen LogP contribution in [0.5, 0.6) is 0 Å².